The molecule has 0 aliphatic carbocycles. The number of esters is 2. The summed E-state index contributed by atoms with van der Waals surface area (Å²) < 4.78 is 10.3. The average molecular weight is 398 g/mol. The lowest BCUT2D eigenvalue weighted by atomic mass is 9.98. The molecule has 0 unspecified atom stereocenters. The minimum atomic E-state index is -0.511. The molecule has 2 rings (SSSR count). The Morgan fingerprint density at radius 1 is 0.724 bits per heavy atom. The van der Waals surface area contributed by atoms with Crippen molar-refractivity contribution in [2.24, 2.45) is 0 Å². The first kappa shape index (κ1) is 22.3. The highest BCUT2D eigenvalue weighted by molar-refractivity contribution is 6.14. The number of rotatable bonds is 12. The summed E-state index contributed by atoms with van der Waals surface area (Å²) in [5.41, 5.74) is 1.11. The van der Waals surface area contributed by atoms with Crippen LogP contribution in [0.1, 0.15) is 58.4 Å². The molecule has 0 atom stereocenters. The van der Waals surface area contributed by atoms with Gasteiger partial charge in [0.1, 0.15) is 0 Å². The standard InChI is InChI=1S/C23H26O6/c24-15-14-21(25)28-16-8-1-2-9-17-29-23(27)20-13-7-6-12-19(20)22(26)18-10-4-3-5-11-18/h3-7,10-13,24H,1-2,8-9,14-17H2. The van der Waals surface area contributed by atoms with Crippen molar-refractivity contribution in [2.45, 2.75) is 32.1 Å². The molecule has 6 heteroatoms. The van der Waals surface area contributed by atoms with Gasteiger partial charge in [-0.2, -0.15) is 0 Å². The van der Waals surface area contributed by atoms with Crippen LogP contribution in [-0.4, -0.2) is 42.6 Å². The van der Waals surface area contributed by atoms with Crippen LogP contribution in [-0.2, 0) is 14.3 Å². The third-order valence-electron chi connectivity index (χ3n) is 4.28. The van der Waals surface area contributed by atoms with Crippen LogP contribution < -0.4 is 0 Å². The number of ketones is 1. The van der Waals surface area contributed by atoms with Gasteiger partial charge in [-0.25, -0.2) is 4.79 Å². The molecule has 2 aromatic rings. The number of unbranched alkanes of at least 4 members (excludes halogenated alkanes) is 3. The van der Waals surface area contributed by atoms with Crippen molar-refractivity contribution in [3.63, 3.8) is 0 Å². The van der Waals surface area contributed by atoms with E-state index in [2.05, 4.69) is 0 Å². The normalized spacial score (nSPS) is 10.4. The van der Waals surface area contributed by atoms with E-state index < -0.39 is 11.9 Å². The van der Waals surface area contributed by atoms with E-state index in [-0.39, 0.29) is 31.0 Å². The Hall–Kier alpha value is -2.99. The second-order valence-corrected chi connectivity index (χ2v) is 6.48. The topological polar surface area (TPSA) is 89.9 Å². The number of carbonyl (C=O) groups excluding carboxylic acids is 3. The van der Waals surface area contributed by atoms with Gasteiger partial charge in [0.2, 0.25) is 0 Å². The Morgan fingerprint density at radius 2 is 1.31 bits per heavy atom. The summed E-state index contributed by atoms with van der Waals surface area (Å²) in [4.78, 5) is 36.2. The molecule has 0 bridgehead atoms. The van der Waals surface area contributed by atoms with E-state index in [0.717, 1.165) is 19.3 Å². The number of hydrogen-bond donors (Lipinski definition) is 1. The van der Waals surface area contributed by atoms with Crippen LogP contribution in [0.25, 0.3) is 0 Å². The number of aliphatic hydroxyl groups is 1. The zero-order chi connectivity index (χ0) is 20.9. The lowest BCUT2D eigenvalue weighted by molar-refractivity contribution is -0.144. The fourth-order valence-corrected chi connectivity index (χ4v) is 2.75. The Morgan fingerprint density at radius 3 is 1.97 bits per heavy atom. The first-order valence-electron chi connectivity index (χ1n) is 9.76. The van der Waals surface area contributed by atoms with Gasteiger partial charge in [0, 0.05) is 11.1 Å². The predicted octanol–water partition coefficient (Wildman–Crippen LogP) is 3.56. The quantitative estimate of drug-likeness (QED) is 0.334. The van der Waals surface area contributed by atoms with E-state index in [1.807, 2.05) is 6.07 Å². The second kappa shape index (κ2) is 12.5. The number of aliphatic hydroxyl groups excluding tert-OH is 1. The molecule has 0 amide bonds. The van der Waals surface area contributed by atoms with E-state index in [4.69, 9.17) is 14.6 Å². The molecule has 0 aromatic heterocycles. The average Bonchev–Trinajstić information content (AvgIpc) is 2.75. The van der Waals surface area contributed by atoms with Crippen LogP contribution in [0.3, 0.4) is 0 Å². The third-order valence-corrected chi connectivity index (χ3v) is 4.28. The molecule has 154 valence electrons. The van der Waals surface area contributed by atoms with Gasteiger partial charge in [0.25, 0.3) is 0 Å². The zero-order valence-electron chi connectivity index (χ0n) is 16.3. The van der Waals surface area contributed by atoms with Crippen molar-refractivity contribution < 1.29 is 29.0 Å². The first-order valence-corrected chi connectivity index (χ1v) is 9.76. The maximum Gasteiger partial charge on any atom is 0.338 e. The molecule has 0 fully saturated rings. The molecular formula is C23H26O6. The molecule has 29 heavy (non-hydrogen) atoms. The Kier molecular flexibility index (Phi) is 9.59. The van der Waals surface area contributed by atoms with Crippen molar-refractivity contribution in [2.75, 3.05) is 19.8 Å². The minimum absolute atomic E-state index is 0.0181. The SMILES string of the molecule is O=C(CCO)OCCCCCCOC(=O)c1ccccc1C(=O)c1ccccc1. The van der Waals surface area contributed by atoms with Crippen molar-refractivity contribution in [1.82, 2.24) is 0 Å². The molecular weight excluding hydrogens is 372 g/mol. The maximum absolute atomic E-state index is 12.7. The molecule has 0 saturated heterocycles. The van der Waals surface area contributed by atoms with Crippen molar-refractivity contribution in [3.05, 3.63) is 71.3 Å². The first-order chi connectivity index (χ1) is 14.1. The van der Waals surface area contributed by atoms with Gasteiger partial charge in [-0.1, -0.05) is 48.5 Å². The number of hydrogen-bond acceptors (Lipinski definition) is 6. The van der Waals surface area contributed by atoms with E-state index in [1.165, 1.54) is 0 Å². The lowest BCUT2D eigenvalue weighted by Crippen LogP contribution is -2.13. The van der Waals surface area contributed by atoms with Gasteiger partial charge in [-0.05, 0) is 31.7 Å². The largest absolute Gasteiger partial charge is 0.466 e. The van der Waals surface area contributed by atoms with Crippen LogP contribution in [0, 0.1) is 0 Å². The Labute approximate surface area is 170 Å². The van der Waals surface area contributed by atoms with Crippen LogP contribution in [0.5, 0.6) is 0 Å². The van der Waals surface area contributed by atoms with E-state index in [9.17, 15) is 14.4 Å². The molecule has 0 aliphatic heterocycles. The van der Waals surface area contributed by atoms with Crippen LogP contribution in [0.15, 0.2) is 54.6 Å². The van der Waals surface area contributed by atoms with Gasteiger partial charge < -0.3 is 14.6 Å². The second-order valence-electron chi connectivity index (χ2n) is 6.48. The highest BCUT2D eigenvalue weighted by Gasteiger charge is 2.18. The summed E-state index contributed by atoms with van der Waals surface area (Å²) >= 11 is 0. The molecule has 0 spiro atoms. The number of carbonyl (C=O) groups is 3. The summed E-state index contributed by atoms with van der Waals surface area (Å²) in [6.07, 6.45) is 3.09. The fraction of sp³-hybridized carbons (Fsp3) is 0.348. The molecule has 6 nitrogen and oxygen atoms in total. The third kappa shape index (κ3) is 7.50. The molecule has 0 aliphatic rings. The minimum Gasteiger partial charge on any atom is -0.466 e. The van der Waals surface area contributed by atoms with Gasteiger partial charge in [-0.15, -0.1) is 0 Å². The molecule has 1 N–H and O–H groups in total. The van der Waals surface area contributed by atoms with Crippen molar-refractivity contribution in [1.29, 1.82) is 0 Å². The van der Waals surface area contributed by atoms with Crippen molar-refractivity contribution >= 4 is 17.7 Å². The Bertz CT molecular complexity index is 800. The van der Waals surface area contributed by atoms with E-state index >= 15 is 0 Å². The van der Waals surface area contributed by atoms with Gasteiger partial charge in [0.15, 0.2) is 5.78 Å². The molecule has 0 saturated carbocycles. The fourth-order valence-electron chi connectivity index (χ4n) is 2.75. The highest BCUT2D eigenvalue weighted by atomic mass is 16.5. The highest BCUT2D eigenvalue weighted by Crippen LogP contribution is 2.16. The zero-order valence-corrected chi connectivity index (χ0v) is 16.3. The monoisotopic (exact) mass is 398 g/mol. The molecule has 2 aromatic carbocycles. The van der Waals surface area contributed by atoms with Crippen molar-refractivity contribution in [3.8, 4) is 0 Å². The summed E-state index contributed by atoms with van der Waals surface area (Å²) in [6.45, 7) is 0.384. The number of ether oxygens (including phenoxy) is 2. The van der Waals surface area contributed by atoms with Gasteiger partial charge in [0.05, 0.1) is 31.8 Å². The lowest BCUT2D eigenvalue weighted by Gasteiger charge is -2.09. The van der Waals surface area contributed by atoms with Crippen LogP contribution >= 0.6 is 0 Å². The molecule has 0 heterocycles. The van der Waals surface area contributed by atoms with Crippen LogP contribution in [0.4, 0.5) is 0 Å². The Balaban J connectivity index is 1.75. The summed E-state index contributed by atoms with van der Waals surface area (Å²) in [5.74, 6) is -1.12. The smallest absolute Gasteiger partial charge is 0.338 e. The van der Waals surface area contributed by atoms with Gasteiger partial charge in [-0.3, -0.25) is 9.59 Å². The predicted molar refractivity (Wildman–Crippen MR) is 108 cm³/mol. The summed E-state index contributed by atoms with van der Waals surface area (Å²) in [5, 5.41) is 8.61. The molecule has 0 radical (unpaired) electrons. The van der Waals surface area contributed by atoms with Crippen LogP contribution in [0.2, 0.25) is 0 Å². The van der Waals surface area contributed by atoms with Gasteiger partial charge >= 0.3 is 11.9 Å². The summed E-state index contributed by atoms with van der Waals surface area (Å²) in [7, 11) is 0. The maximum atomic E-state index is 12.7. The van der Waals surface area contributed by atoms with E-state index in [0.29, 0.717) is 24.2 Å². The summed E-state index contributed by atoms with van der Waals surface area (Å²) in [6, 6.07) is 15.5. The van der Waals surface area contributed by atoms with E-state index in [1.54, 1.807) is 48.5 Å². The number of benzene rings is 2.